The van der Waals surface area contributed by atoms with E-state index in [1.54, 1.807) is 25.1 Å². The summed E-state index contributed by atoms with van der Waals surface area (Å²) in [5.74, 6) is 0.410. The molecule has 2 heterocycles. The van der Waals surface area contributed by atoms with Crippen LogP contribution in [0.2, 0.25) is 0 Å². The van der Waals surface area contributed by atoms with Crippen LogP contribution in [-0.2, 0) is 4.79 Å². The van der Waals surface area contributed by atoms with Crippen LogP contribution < -0.4 is 5.32 Å². The second kappa shape index (κ2) is 7.26. The Balaban J connectivity index is 1.76. The van der Waals surface area contributed by atoms with Gasteiger partial charge in [-0.2, -0.15) is 0 Å². The molecule has 0 aromatic carbocycles. The summed E-state index contributed by atoms with van der Waals surface area (Å²) in [5, 5.41) is 2.93. The van der Waals surface area contributed by atoms with Crippen molar-refractivity contribution in [2.24, 2.45) is 5.92 Å². The first-order valence-electron chi connectivity index (χ1n) is 7.29. The Hall–Kier alpha value is -1.82. The maximum absolute atomic E-state index is 11.9. The van der Waals surface area contributed by atoms with Crippen molar-refractivity contribution in [3.8, 4) is 0 Å². The Kier molecular flexibility index (Phi) is 5.38. The van der Waals surface area contributed by atoms with Crippen molar-refractivity contribution in [1.82, 2.24) is 15.1 Å². The standard InChI is InChI=1S/C15H23N3O3/c1-17(2)14(19)10-18-6-3-4-12(9-18)8-16-15(20)13-5-7-21-11-13/h5,7,11-12H,3-4,6,8-10H2,1-2H3,(H,16,20)/t12-/m1/s1. The van der Waals surface area contributed by atoms with Crippen LogP contribution in [-0.4, -0.2) is 61.9 Å². The highest BCUT2D eigenvalue weighted by Gasteiger charge is 2.22. The minimum absolute atomic E-state index is 0.106. The predicted octanol–water partition coefficient (Wildman–Crippen LogP) is 0.810. The van der Waals surface area contributed by atoms with Crippen LogP contribution in [0.15, 0.2) is 23.0 Å². The maximum Gasteiger partial charge on any atom is 0.254 e. The highest BCUT2D eigenvalue weighted by atomic mass is 16.3. The van der Waals surface area contributed by atoms with E-state index in [-0.39, 0.29) is 11.8 Å². The molecule has 2 amide bonds. The van der Waals surface area contributed by atoms with Gasteiger partial charge in [0.05, 0.1) is 18.4 Å². The van der Waals surface area contributed by atoms with E-state index < -0.39 is 0 Å². The van der Waals surface area contributed by atoms with E-state index in [1.165, 1.54) is 12.5 Å². The number of likely N-dealkylation sites (N-methyl/N-ethyl adjacent to an activating group) is 1. The van der Waals surface area contributed by atoms with E-state index in [4.69, 9.17) is 4.42 Å². The molecule has 0 aliphatic carbocycles. The second-order valence-electron chi connectivity index (χ2n) is 5.75. The summed E-state index contributed by atoms with van der Waals surface area (Å²) in [5.41, 5.74) is 0.547. The lowest BCUT2D eigenvalue weighted by molar-refractivity contribution is -0.130. The maximum atomic E-state index is 11.9. The van der Waals surface area contributed by atoms with Crippen molar-refractivity contribution >= 4 is 11.8 Å². The van der Waals surface area contributed by atoms with E-state index in [0.29, 0.717) is 24.6 Å². The van der Waals surface area contributed by atoms with Gasteiger partial charge in [-0.15, -0.1) is 0 Å². The molecule has 1 aliphatic rings. The molecule has 0 spiro atoms. The van der Waals surface area contributed by atoms with Crippen LogP contribution in [0.3, 0.4) is 0 Å². The van der Waals surface area contributed by atoms with Crippen LogP contribution in [0, 0.1) is 5.92 Å². The fourth-order valence-corrected chi connectivity index (χ4v) is 2.53. The van der Waals surface area contributed by atoms with Gasteiger partial charge in [0.1, 0.15) is 6.26 Å². The second-order valence-corrected chi connectivity index (χ2v) is 5.75. The monoisotopic (exact) mass is 293 g/mol. The van der Waals surface area contributed by atoms with Crippen LogP contribution in [0.5, 0.6) is 0 Å². The van der Waals surface area contributed by atoms with Crippen molar-refractivity contribution in [2.45, 2.75) is 12.8 Å². The minimum Gasteiger partial charge on any atom is -0.472 e. The molecule has 0 unspecified atom stereocenters. The van der Waals surface area contributed by atoms with E-state index in [0.717, 1.165) is 25.9 Å². The van der Waals surface area contributed by atoms with Gasteiger partial charge in [-0.1, -0.05) is 0 Å². The lowest BCUT2D eigenvalue weighted by Gasteiger charge is -2.32. The third-order valence-electron chi connectivity index (χ3n) is 3.80. The number of hydrogen-bond donors (Lipinski definition) is 1. The van der Waals surface area contributed by atoms with Crippen LogP contribution in [0.25, 0.3) is 0 Å². The minimum atomic E-state index is -0.106. The molecule has 6 heteroatoms. The highest BCUT2D eigenvalue weighted by Crippen LogP contribution is 2.15. The summed E-state index contributed by atoms with van der Waals surface area (Å²) in [4.78, 5) is 27.4. The number of carbonyl (C=O) groups is 2. The van der Waals surface area contributed by atoms with Crippen LogP contribution in [0.4, 0.5) is 0 Å². The molecule has 1 aromatic heterocycles. The number of piperidine rings is 1. The summed E-state index contributed by atoms with van der Waals surface area (Å²) in [6.07, 6.45) is 5.08. The Labute approximate surface area is 125 Å². The summed E-state index contributed by atoms with van der Waals surface area (Å²) in [7, 11) is 3.55. The molecule has 1 aromatic rings. The van der Waals surface area contributed by atoms with Gasteiger partial charge in [-0.3, -0.25) is 14.5 Å². The summed E-state index contributed by atoms with van der Waals surface area (Å²) < 4.78 is 4.90. The molecule has 1 aliphatic heterocycles. The van der Waals surface area contributed by atoms with Gasteiger partial charge in [0, 0.05) is 27.2 Å². The molecule has 6 nitrogen and oxygen atoms in total. The number of hydrogen-bond acceptors (Lipinski definition) is 4. The third-order valence-corrected chi connectivity index (χ3v) is 3.80. The molecule has 1 saturated heterocycles. The van der Waals surface area contributed by atoms with E-state index in [1.807, 2.05) is 0 Å². The summed E-state index contributed by atoms with van der Waals surface area (Å²) in [6.45, 7) is 2.90. The molecule has 21 heavy (non-hydrogen) atoms. The summed E-state index contributed by atoms with van der Waals surface area (Å²) >= 11 is 0. The lowest BCUT2D eigenvalue weighted by atomic mass is 9.98. The Bertz CT molecular complexity index is 471. The molecule has 0 radical (unpaired) electrons. The van der Waals surface area contributed by atoms with Crippen molar-refractivity contribution in [3.05, 3.63) is 24.2 Å². The Morgan fingerprint density at radius 2 is 2.29 bits per heavy atom. The van der Waals surface area contributed by atoms with E-state index in [2.05, 4.69) is 10.2 Å². The van der Waals surface area contributed by atoms with Crippen LogP contribution >= 0.6 is 0 Å². The largest absolute Gasteiger partial charge is 0.472 e. The van der Waals surface area contributed by atoms with Gasteiger partial charge >= 0.3 is 0 Å². The van der Waals surface area contributed by atoms with Gasteiger partial charge in [0.2, 0.25) is 5.91 Å². The Morgan fingerprint density at radius 3 is 2.95 bits per heavy atom. The first kappa shape index (κ1) is 15.6. The van der Waals surface area contributed by atoms with Gasteiger partial charge in [-0.05, 0) is 31.4 Å². The van der Waals surface area contributed by atoms with Crippen molar-refractivity contribution in [2.75, 3.05) is 40.3 Å². The van der Waals surface area contributed by atoms with Gasteiger partial charge < -0.3 is 14.6 Å². The zero-order valence-electron chi connectivity index (χ0n) is 12.7. The molecule has 2 rings (SSSR count). The number of furan rings is 1. The smallest absolute Gasteiger partial charge is 0.254 e. The zero-order valence-corrected chi connectivity index (χ0v) is 12.7. The highest BCUT2D eigenvalue weighted by molar-refractivity contribution is 5.93. The molecular weight excluding hydrogens is 270 g/mol. The quantitative estimate of drug-likeness (QED) is 0.872. The molecule has 1 atom stereocenters. The fourth-order valence-electron chi connectivity index (χ4n) is 2.53. The number of amides is 2. The molecule has 0 saturated carbocycles. The molecular formula is C15H23N3O3. The van der Waals surface area contributed by atoms with Crippen molar-refractivity contribution < 1.29 is 14.0 Å². The lowest BCUT2D eigenvalue weighted by Crippen LogP contribution is -2.44. The molecule has 1 N–H and O–H groups in total. The molecule has 0 bridgehead atoms. The number of likely N-dealkylation sites (tertiary alicyclic amines) is 1. The van der Waals surface area contributed by atoms with Gasteiger partial charge in [0.25, 0.3) is 5.91 Å². The molecule has 1 fully saturated rings. The van der Waals surface area contributed by atoms with Crippen LogP contribution in [0.1, 0.15) is 23.2 Å². The zero-order chi connectivity index (χ0) is 15.2. The van der Waals surface area contributed by atoms with E-state index in [9.17, 15) is 9.59 Å². The number of nitrogens with zero attached hydrogens (tertiary/aromatic N) is 2. The van der Waals surface area contributed by atoms with Gasteiger partial charge in [-0.25, -0.2) is 0 Å². The van der Waals surface area contributed by atoms with Crippen molar-refractivity contribution in [3.63, 3.8) is 0 Å². The topological polar surface area (TPSA) is 65.8 Å². The Morgan fingerprint density at radius 1 is 1.48 bits per heavy atom. The molecule has 116 valence electrons. The fraction of sp³-hybridized carbons (Fsp3) is 0.600. The number of nitrogens with one attached hydrogen (secondary N) is 1. The predicted molar refractivity (Wildman–Crippen MR) is 78.9 cm³/mol. The summed E-state index contributed by atoms with van der Waals surface area (Å²) in [6, 6.07) is 1.65. The first-order chi connectivity index (χ1) is 10.1. The number of rotatable bonds is 5. The van der Waals surface area contributed by atoms with E-state index >= 15 is 0 Å². The third kappa shape index (κ3) is 4.60. The average Bonchev–Trinajstić information content (AvgIpc) is 2.99. The SMILES string of the molecule is CN(C)C(=O)CN1CCC[C@H](CNC(=O)c2ccoc2)C1. The normalized spacial score (nSPS) is 19.2. The van der Waals surface area contributed by atoms with Gasteiger partial charge in [0.15, 0.2) is 0 Å². The first-order valence-corrected chi connectivity index (χ1v) is 7.29. The number of carbonyl (C=O) groups excluding carboxylic acids is 2. The average molecular weight is 293 g/mol. The van der Waals surface area contributed by atoms with Crippen molar-refractivity contribution in [1.29, 1.82) is 0 Å².